The first-order chi connectivity index (χ1) is 10.1. The number of carbonyl (C=O) groups is 2. The number of hydrogen-bond acceptors (Lipinski definition) is 3. The number of nitrogens with zero attached hydrogens (tertiary/aromatic N) is 2. The largest absolute Gasteiger partial charge is 0.480 e. The predicted molar refractivity (Wildman–Crippen MR) is 80.2 cm³/mol. The van der Waals surface area contributed by atoms with Gasteiger partial charge in [-0.15, -0.1) is 0 Å². The molecule has 1 saturated heterocycles. The molecule has 6 heteroatoms. The Labute approximate surface area is 126 Å². The SMILES string of the molecule is CCC(CC)N(CCO)C(=O)N1CCCCCC1C(=O)O. The van der Waals surface area contributed by atoms with Crippen LogP contribution in [0, 0.1) is 0 Å². The van der Waals surface area contributed by atoms with Gasteiger partial charge in [0.25, 0.3) is 0 Å². The van der Waals surface area contributed by atoms with Gasteiger partial charge in [-0.2, -0.15) is 0 Å². The van der Waals surface area contributed by atoms with Crippen LogP contribution in [0.25, 0.3) is 0 Å². The fourth-order valence-electron chi connectivity index (χ4n) is 3.03. The number of likely N-dealkylation sites (tertiary alicyclic amines) is 1. The van der Waals surface area contributed by atoms with Gasteiger partial charge in [-0.3, -0.25) is 0 Å². The Morgan fingerprint density at radius 1 is 1.24 bits per heavy atom. The summed E-state index contributed by atoms with van der Waals surface area (Å²) in [6, 6.07) is -0.940. The molecule has 21 heavy (non-hydrogen) atoms. The molecule has 2 N–H and O–H groups in total. The minimum absolute atomic E-state index is 0.0438. The highest BCUT2D eigenvalue weighted by Gasteiger charge is 2.34. The highest BCUT2D eigenvalue weighted by atomic mass is 16.4. The molecule has 0 aliphatic carbocycles. The van der Waals surface area contributed by atoms with E-state index in [1.165, 1.54) is 4.90 Å². The van der Waals surface area contributed by atoms with Gasteiger partial charge in [0.1, 0.15) is 6.04 Å². The Morgan fingerprint density at radius 2 is 1.90 bits per heavy atom. The third-order valence-electron chi connectivity index (χ3n) is 4.25. The Kier molecular flexibility index (Phi) is 7.50. The number of aliphatic hydroxyl groups is 1. The number of amides is 2. The van der Waals surface area contributed by atoms with Gasteiger partial charge in [-0.25, -0.2) is 9.59 Å². The lowest BCUT2D eigenvalue weighted by molar-refractivity contribution is -0.142. The first-order valence-electron chi connectivity index (χ1n) is 7.97. The van der Waals surface area contributed by atoms with Crippen LogP contribution in [0.1, 0.15) is 52.4 Å². The summed E-state index contributed by atoms with van der Waals surface area (Å²) >= 11 is 0. The van der Waals surface area contributed by atoms with E-state index in [4.69, 9.17) is 0 Å². The van der Waals surface area contributed by atoms with E-state index in [1.54, 1.807) is 4.90 Å². The molecule has 1 fully saturated rings. The summed E-state index contributed by atoms with van der Waals surface area (Å²) in [6.07, 6.45) is 4.74. The lowest BCUT2D eigenvalue weighted by atomic mass is 10.1. The molecule has 1 rings (SSSR count). The van der Waals surface area contributed by atoms with E-state index in [2.05, 4.69) is 0 Å². The minimum atomic E-state index is -0.932. The van der Waals surface area contributed by atoms with E-state index in [-0.39, 0.29) is 25.2 Å². The zero-order valence-electron chi connectivity index (χ0n) is 13.1. The molecule has 0 bridgehead atoms. The molecule has 1 heterocycles. The van der Waals surface area contributed by atoms with Crippen LogP contribution < -0.4 is 0 Å². The lowest BCUT2D eigenvalue weighted by Crippen LogP contribution is -2.54. The maximum absolute atomic E-state index is 12.8. The van der Waals surface area contributed by atoms with Crippen LogP contribution >= 0.6 is 0 Å². The van der Waals surface area contributed by atoms with Crippen molar-refractivity contribution >= 4 is 12.0 Å². The maximum atomic E-state index is 12.8. The summed E-state index contributed by atoms with van der Waals surface area (Å²) in [5.41, 5.74) is 0. The van der Waals surface area contributed by atoms with Crippen LogP contribution in [-0.4, -0.2) is 63.8 Å². The van der Waals surface area contributed by atoms with Crippen LogP contribution in [0.4, 0.5) is 4.79 Å². The maximum Gasteiger partial charge on any atom is 0.326 e. The Balaban J connectivity index is 2.94. The third kappa shape index (κ3) is 4.59. The van der Waals surface area contributed by atoms with Gasteiger partial charge < -0.3 is 20.0 Å². The van der Waals surface area contributed by atoms with Crippen LogP contribution in [0.3, 0.4) is 0 Å². The van der Waals surface area contributed by atoms with E-state index in [0.717, 1.165) is 32.1 Å². The molecule has 0 saturated carbocycles. The van der Waals surface area contributed by atoms with Crippen molar-refractivity contribution in [3.63, 3.8) is 0 Å². The monoisotopic (exact) mass is 300 g/mol. The predicted octanol–water partition coefficient (Wildman–Crippen LogP) is 1.92. The van der Waals surface area contributed by atoms with Gasteiger partial charge in [0.15, 0.2) is 0 Å². The van der Waals surface area contributed by atoms with Crippen molar-refractivity contribution in [2.75, 3.05) is 19.7 Å². The summed E-state index contributed by atoms with van der Waals surface area (Å²) in [6.45, 7) is 4.64. The molecule has 2 amide bonds. The summed E-state index contributed by atoms with van der Waals surface area (Å²) in [4.78, 5) is 27.4. The van der Waals surface area contributed by atoms with E-state index < -0.39 is 12.0 Å². The molecule has 0 aromatic heterocycles. The van der Waals surface area contributed by atoms with Gasteiger partial charge in [-0.05, 0) is 25.7 Å². The molecule has 6 nitrogen and oxygen atoms in total. The second kappa shape index (κ2) is 8.87. The van der Waals surface area contributed by atoms with Crippen molar-refractivity contribution in [2.24, 2.45) is 0 Å². The number of aliphatic hydroxyl groups excluding tert-OH is 1. The van der Waals surface area contributed by atoms with Gasteiger partial charge in [0.05, 0.1) is 6.61 Å². The quantitative estimate of drug-likeness (QED) is 0.785. The second-order valence-electron chi connectivity index (χ2n) is 5.57. The molecule has 1 atom stereocenters. The van der Waals surface area contributed by atoms with Crippen molar-refractivity contribution < 1.29 is 19.8 Å². The number of carbonyl (C=O) groups excluding carboxylic acids is 1. The van der Waals surface area contributed by atoms with E-state index in [0.29, 0.717) is 13.0 Å². The van der Waals surface area contributed by atoms with Crippen LogP contribution in [0.15, 0.2) is 0 Å². The van der Waals surface area contributed by atoms with E-state index in [1.807, 2.05) is 13.8 Å². The summed E-state index contributed by atoms with van der Waals surface area (Å²) < 4.78 is 0. The number of aliphatic carboxylic acids is 1. The first kappa shape index (κ1) is 17.8. The number of urea groups is 1. The summed E-state index contributed by atoms with van der Waals surface area (Å²) in [5.74, 6) is -0.932. The van der Waals surface area contributed by atoms with Gasteiger partial charge in [0, 0.05) is 19.1 Å². The van der Waals surface area contributed by atoms with Crippen molar-refractivity contribution in [1.29, 1.82) is 0 Å². The molecule has 0 spiro atoms. The molecule has 1 aliphatic rings. The fraction of sp³-hybridized carbons (Fsp3) is 0.867. The number of carboxylic acid groups (broad SMARTS) is 1. The number of hydrogen-bond donors (Lipinski definition) is 2. The first-order valence-corrected chi connectivity index (χ1v) is 7.97. The van der Waals surface area contributed by atoms with Gasteiger partial charge >= 0.3 is 12.0 Å². The zero-order chi connectivity index (χ0) is 15.8. The zero-order valence-corrected chi connectivity index (χ0v) is 13.1. The average molecular weight is 300 g/mol. The topological polar surface area (TPSA) is 81.1 Å². The summed E-state index contributed by atoms with van der Waals surface area (Å²) in [5, 5.41) is 18.6. The highest BCUT2D eigenvalue weighted by Crippen LogP contribution is 2.21. The standard InChI is InChI=1S/C15H28N2O4/c1-3-12(4-2)16(10-11-18)15(21)17-9-7-5-6-8-13(17)14(19)20/h12-13,18H,3-11H2,1-2H3,(H,19,20). The molecule has 1 unspecified atom stereocenters. The smallest absolute Gasteiger partial charge is 0.326 e. The van der Waals surface area contributed by atoms with Crippen molar-refractivity contribution in [2.45, 2.75) is 64.5 Å². The Bertz CT molecular complexity index is 345. The molecular formula is C15H28N2O4. The van der Waals surface area contributed by atoms with Gasteiger partial charge in [-0.1, -0.05) is 26.7 Å². The Hall–Kier alpha value is -1.30. The van der Waals surface area contributed by atoms with Crippen LogP contribution in [0.5, 0.6) is 0 Å². The fourth-order valence-corrected chi connectivity index (χ4v) is 3.03. The van der Waals surface area contributed by atoms with Crippen molar-refractivity contribution in [1.82, 2.24) is 9.80 Å². The lowest BCUT2D eigenvalue weighted by Gasteiger charge is -2.37. The van der Waals surface area contributed by atoms with Crippen LogP contribution in [-0.2, 0) is 4.79 Å². The number of carboxylic acids is 1. The normalized spacial score (nSPS) is 19.4. The second-order valence-corrected chi connectivity index (χ2v) is 5.57. The van der Waals surface area contributed by atoms with Crippen LogP contribution in [0.2, 0.25) is 0 Å². The van der Waals surface area contributed by atoms with Crippen molar-refractivity contribution in [3.05, 3.63) is 0 Å². The minimum Gasteiger partial charge on any atom is -0.480 e. The van der Waals surface area contributed by atoms with E-state index in [9.17, 15) is 19.8 Å². The van der Waals surface area contributed by atoms with E-state index >= 15 is 0 Å². The third-order valence-corrected chi connectivity index (χ3v) is 4.25. The molecule has 0 aromatic carbocycles. The number of rotatable bonds is 6. The Morgan fingerprint density at radius 3 is 2.43 bits per heavy atom. The molecular weight excluding hydrogens is 272 g/mol. The average Bonchev–Trinajstić information content (AvgIpc) is 2.72. The van der Waals surface area contributed by atoms with Gasteiger partial charge in [0.2, 0.25) is 0 Å². The molecule has 122 valence electrons. The highest BCUT2D eigenvalue weighted by molar-refractivity contribution is 5.83. The molecule has 0 aromatic rings. The summed E-state index contributed by atoms with van der Waals surface area (Å²) in [7, 11) is 0. The molecule has 0 radical (unpaired) electrons. The van der Waals surface area contributed by atoms with Crippen molar-refractivity contribution in [3.8, 4) is 0 Å². The molecule has 1 aliphatic heterocycles.